The summed E-state index contributed by atoms with van der Waals surface area (Å²) in [4.78, 5) is 14.3. The van der Waals surface area contributed by atoms with Gasteiger partial charge in [0.05, 0.1) is 6.10 Å². The first-order chi connectivity index (χ1) is 9.56. The van der Waals surface area contributed by atoms with Crippen LogP contribution in [0.4, 0.5) is 0 Å². The summed E-state index contributed by atoms with van der Waals surface area (Å²) in [5.74, 6) is 0.925. The van der Waals surface area contributed by atoms with Gasteiger partial charge in [-0.2, -0.15) is 0 Å². The number of hydrogen-bond acceptors (Lipinski definition) is 2. The van der Waals surface area contributed by atoms with Crippen molar-refractivity contribution in [3.63, 3.8) is 0 Å². The van der Waals surface area contributed by atoms with Crippen LogP contribution < -0.4 is 0 Å². The van der Waals surface area contributed by atoms with Gasteiger partial charge in [0.25, 0.3) is 0 Å². The van der Waals surface area contributed by atoms with Gasteiger partial charge in [0.2, 0.25) is 5.91 Å². The highest BCUT2D eigenvalue weighted by molar-refractivity contribution is 6.30. The first kappa shape index (κ1) is 13.9. The molecular weight excluding hydrogens is 274 g/mol. The lowest BCUT2D eigenvalue weighted by Crippen LogP contribution is -2.46. The van der Waals surface area contributed by atoms with Gasteiger partial charge in [-0.1, -0.05) is 30.7 Å². The number of carbonyl (C=O) groups excluding carboxylic acids is 1. The molecule has 3 rings (SSSR count). The summed E-state index contributed by atoms with van der Waals surface area (Å²) in [5.41, 5.74) is 1.19. The molecule has 0 aromatic heterocycles. The largest absolute Gasteiger partial charge is 0.391 e. The van der Waals surface area contributed by atoms with Gasteiger partial charge in [-0.05, 0) is 42.4 Å². The number of piperidine rings is 1. The fourth-order valence-electron chi connectivity index (χ4n) is 3.03. The third kappa shape index (κ3) is 2.70. The van der Waals surface area contributed by atoms with Gasteiger partial charge in [0.1, 0.15) is 0 Å². The Bertz CT molecular complexity index is 502. The maximum absolute atomic E-state index is 12.5. The van der Waals surface area contributed by atoms with Gasteiger partial charge in [0.15, 0.2) is 0 Å². The smallest absolute Gasteiger partial charge is 0.226 e. The van der Waals surface area contributed by atoms with E-state index in [0.717, 1.165) is 24.4 Å². The maximum Gasteiger partial charge on any atom is 0.226 e. The molecule has 20 heavy (non-hydrogen) atoms. The zero-order valence-corrected chi connectivity index (χ0v) is 12.4. The molecule has 108 valence electrons. The first-order valence-electron chi connectivity index (χ1n) is 7.28. The Morgan fingerprint density at radius 2 is 2.05 bits per heavy atom. The minimum atomic E-state index is -0.375. The van der Waals surface area contributed by atoms with Crippen LogP contribution in [0.5, 0.6) is 0 Å². The van der Waals surface area contributed by atoms with Gasteiger partial charge < -0.3 is 10.0 Å². The van der Waals surface area contributed by atoms with E-state index in [9.17, 15) is 9.90 Å². The molecule has 1 saturated heterocycles. The molecule has 1 amide bonds. The van der Waals surface area contributed by atoms with Crippen molar-refractivity contribution < 1.29 is 9.90 Å². The van der Waals surface area contributed by atoms with E-state index < -0.39 is 0 Å². The first-order valence-corrected chi connectivity index (χ1v) is 7.66. The van der Waals surface area contributed by atoms with Crippen LogP contribution in [0.2, 0.25) is 5.02 Å². The van der Waals surface area contributed by atoms with Crippen molar-refractivity contribution in [1.82, 2.24) is 4.90 Å². The number of carbonyl (C=O) groups is 1. The zero-order valence-electron chi connectivity index (χ0n) is 11.6. The van der Waals surface area contributed by atoms with Gasteiger partial charge in [-0.25, -0.2) is 0 Å². The van der Waals surface area contributed by atoms with E-state index in [1.807, 2.05) is 36.1 Å². The Morgan fingerprint density at radius 1 is 1.35 bits per heavy atom. The van der Waals surface area contributed by atoms with E-state index >= 15 is 0 Å². The molecule has 0 radical (unpaired) electrons. The second kappa shape index (κ2) is 5.38. The van der Waals surface area contributed by atoms with Crippen LogP contribution in [0.3, 0.4) is 0 Å². The van der Waals surface area contributed by atoms with E-state index in [4.69, 9.17) is 11.6 Å². The van der Waals surface area contributed by atoms with Crippen molar-refractivity contribution >= 4 is 17.5 Å². The molecular formula is C16H20ClNO2. The summed E-state index contributed by atoms with van der Waals surface area (Å²) in [7, 11) is 0. The predicted octanol–water partition coefficient (Wildman–Crippen LogP) is 2.67. The Balaban J connectivity index is 1.61. The highest BCUT2D eigenvalue weighted by Crippen LogP contribution is 2.48. The summed E-state index contributed by atoms with van der Waals surface area (Å²) in [5, 5.41) is 10.6. The number of halogens is 1. The number of hydrogen-bond donors (Lipinski definition) is 1. The molecule has 1 aliphatic carbocycles. The van der Waals surface area contributed by atoms with E-state index in [0.29, 0.717) is 18.4 Å². The average Bonchev–Trinajstić information content (AvgIpc) is 3.22. The highest BCUT2D eigenvalue weighted by Gasteiger charge is 2.46. The second-order valence-electron chi connectivity index (χ2n) is 6.12. The molecule has 4 unspecified atom stereocenters. The summed E-state index contributed by atoms with van der Waals surface area (Å²) >= 11 is 5.88. The average molecular weight is 294 g/mol. The van der Waals surface area contributed by atoms with Gasteiger partial charge >= 0.3 is 0 Å². The van der Waals surface area contributed by atoms with Crippen molar-refractivity contribution in [3.8, 4) is 0 Å². The molecule has 4 atom stereocenters. The lowest BCUT2D eigenvalue weighted by Gasteiger charge is -2.34. The molecule has 1 aromatic rings. The second-order valence-corrected chi connectivity index (χ2v) is 6.55. The fraction of sp³-hybridized carbons (Fsp3) is 0.562. The van der Waals surface area contributed by atoms with E-state index in [1.54, 1.807) is 0 Å². The van der Waals surface area contributed by atoms with Crippen molar-refractivity contribution in [1.29, 1.82) is 0 Å². The van der Waals surface area contributed by atoms with Crippen LogP contribution in [0.15, 0.2) is 24.3 Å². The number of likely N-dealkylation sites (tertiary alicyclic amines) is 1. The van der Waals surface area contributed by atoms with Crippen molar-refractivity contribution in [2.75, 3.05) is 13.1 Å². The molecule has 2 aliphatic rings. The molecule has 0 spiro atoms. The lowest BCUT2D eigenvalue weighted by molar-refractivity contribution is -0.136. The van der Waals surface area contributed by atoms with Gasteiger partial charge in [-0.15, -0.1) is 0 Å². The Labute approximate surface area is 124 Å². The monoisotopic (exact) mass is 293 g/mol. The topological polar surface area (TPSA) is 40.5 Å². The summed E-state index contributed by atoms with van der Waals surface area (Å²) < 4.78 is 0. The number of aliphatic hydroxyl groups excluding tert-OH is 1. The summed E-state index contributed by atoms with van der Waals surface area (Å²) in [6.07, 6.45) is 1.44. The number of β-amino-alcohol motifs (C(OH)–C–C–N with tert-alkyl or cyclic N) is 1. The molecule has 0 bridgehead atoms. The molecule has 4 heteroatoms. The Kier molecular flexibility index (Phi) is 3.74. The molecule has 1 aromatic carbocycles. The van der Waals surface area contributed by atoms with Crippen molar-refractivity contribution in [2.24, 2.45) is 11.8 Å². The molecule has 3 nitrogen and oxygen atoms in total. The quantitative estimate of drug-likeness (QED) is 0.911. The number of rotatable bonds is 2. The molecule has 1 heterocycles. The van der Waals surface area contributed by atoms with Gasteiger partial charge in [-0.3, -0.25) is 4.79 Å². The number of aliphatic hydroxyl groups is 1. The normalized spacial score (nSPS) is 33.0. The van der Waals surface area contributed by atoms with Crippen LogP contribution in [0, 0.1) is 11.8 Å². The summed E-state index contributed by atoms with van der Waals surface area (Å²) in [6.45, 7) is 3.31. The molecule has 2 fully saturated rings. The predicted molar refractivity (Wildman–Crippen MR) is 78.7 cm³/mol. The number of nitrogens with zero attached hydrogens (tertiary/aromatic N) is 1. The van der Waals surface area contributed by atoms with Crippen LogP contribution in [-0.4, -0.2) is 35.1 Å². The van der Waals surface area contributed by atoms with Crippen molar-refractivity contribution in [3.05, 3.63) is 34.9 Å². The molecule has 1 saturated carbocycles. The van der Waals surface area contributed by atoms with E-state index in [1.165, 1.54) is 5.56 Å². The maximum atomic E-state index is 12.5. The van der Waals surface area contributed by atoms with Crippen molar-refractivity contribution in [2.45, 2.75) is 31.8 Å². The third-order valence-corrected chi connectivity index (χ3v) is 4.89. The number of amides is 1. The van der Waals surface area contributed by atoms with E-state index in [-0.39, 0.29) is 17.9 Å². The van der Waals surface area contributed by atoms with E-state index in [2.05, 4.69) is 0 Å². The fourth-order valence-corrected chi connectivity index (χ4v) is 3.16. The van der Waals surface area contributed by atoms with Crippen LogP contribution in [-0.2, 0) is 4.79 Å². The Morgan fingerprint density at radius 3 is 2.70 bits per heavy atom. The SMILES string of the molecule is CC1CCN(C(=O)C2CC2c2ccc(Cl)cc2)CC1O. The minimum Gasteiger partial charge on any atom is -0.391 e. The van der Waals surface area contributed by atoms with Crippen LogP contribution in [0.1, 0.15) is 31.2 Å². The lowest BCUT2D eigenvalue weighted by atomic mass is 9.95. The third-order valence-electron chi connectivity index (χ3n) is 4.64. The van der Waals surface area contributed by atoms with Crippen LogP contribution >= 0.6 is 11.6 Å². The standard InChI is InChI=1S/C16H20ClNO2/c1-10-6-7-18(9-15(10)19)16(20)14-8-13(14)11-2-4-12(17)5-3-11/h2-5,10,13-15,19H,6-9H2,1H3. The minimum absolute atomic E-state index is 0.0942. The van der Waals surface area contributed by atoms with Crippen LogP contribution in [0.25, 0.3) is 0 Å². The molecule has 1 aliphatic heterocycles. The summed E-state index contributed by atoms with van der Waals surface area (Å²) in [6, 6.07) is 7.77. The molecule has 1 N–H and O–H groups in total. The Hall–Kier alpha value is -1.06. The number of benzene rings is 1. The van der Waals surface area contributed by atoms with Gasteiger partial charge in [0, 0.05) is 24.0 Å². The zero-order chi connectivity index (χ0) is 14.3. The highest BCUT2D eigenvalue weighted by atomic mass is 35.5.